The van der Waals surface area contributed by atoms with Crippen molar-refractivity contribution in [3.63, 3.8) is 0 Å². The summed E-state index contributed by atoms with van der Waals surface area (Å²) < 4.78 is 82.1. The number of likely N-dealkylation sites (tertiary alicyclic amines) is 1. The smallest absolute Gasteiger partial charge is 0.380 e. The number of primary amides is 1. The molecule has 10 heteroatoms. The summed E-state index contributed by atoms with van der Waals surface area (Å²) in [6.45, 7) is -0.102. The topological polar surface area (TPSA) is 66.6 Å². The molecule has 1 aliphatic heterocycles. The fraction of sp³-hybridized carbons (Fsp3) is 0.667. The number of hydrogen-bond donors (Lipinski definition) is 2. The van der Waals surface area contributed by atoms with Gasteiger partial charge in [-0.3, -0.25) is 9.69 Å². The van der Waals surface area contributed by atoms with Gasteiger partial charge in [0, 0.05) is 18.0 Å². The minimum absolute atomic E-state index is 0.102. The van der Waals surface area contributed by atoms with Crippen LogP contribution in [-0.2, 0) is 11.2 Å². The molecule has 2 atom stereocenters. The highest BCUT2D eigenvalue weighted by Crippen LogP contribution is 2.50. The number of hydrogen-bond acceptors (Lipinski definition) is 3. The number of rotatable bonds is 4. The molecule has 1 aromatic carbocycles. The average Bonchev–Trinajstić information content (AvgIpc) is 2.69. The largest absolute Gasteiger partial charge is 0.417 e. The zero-order valence-electron chi connectivity index (χ0n) is 16.8. The van der Waals surface area contributed by atoms with Gasteiger partial charge in [-0.25, -0.2) is 0 Å². The normalized spacial score (nSPS) is 33.3. The Labute approximate surface area is 176 Å². The molecule has 3 N–H and O–H groups in total. The number of amides is 1. The number of aliphatic hydroxyl groups is 1. The molecular formula is C21H26F6N2O2. The Morgan fingerprint density at radius 3 is 2.13 bits per heavy atom. The Morgan fingerprint density at radius 2 is 1.65 bits per heavy atom. The van der Waals surface area contributed by atoms with Crippen LogP contribution in [0.3, 0.4) is 0 Å². The van der Waals surface area contributed by atoms with Gasteiger partial charge in [0.25, 0.3) is 0 Å². The minimum atomic E-state index is -4.85. The van der Waals surface area contributed by atoms with Gasteiger partial charge >= 0.3 is 12.4 Å². The first kappa shape index (κ1) is 23.8. The van der Waals surface area contributed by atoms with E-state index >= 15 is 0 Å². The van der Waals surface area contributed by atoms with Crippen molar-refractivity contribution >= 4 is 5.91 Å². The standard InChI is InChI=1S/C21H26F6N2O2/c22-20(23,24)16-12-15(17(28)30)6-11-29(16)18(13-14-4-2-1-3-5-14)7-9-19(31,10-8-18)21(25,26)27/h1-5,15-16,31H,6-13H2,(H2,28,30). The fourth-order valence-corrected chi connectivity index (χ4v) is 5.06. The molecule has 0 bridgehead atoms. The van der Waals surface area contributed by atoms with Gasteiger partial charge in [0.05, 0.1) is 0 Å². The molecule has 1 aromatic rings. The number of carbonyl (C=O) groups is 1. The van der Waals surface area contributed by atoms with Crippen molar-refractivity contribution in [3.05, 3.63) is 35.9 Å². The molecule has 1 amide bonds. The molecule has 31 heavy (non-hydrogen) atoms. The van der Waals surface area contributed by atoms with Crippen LogP contribution in [0.4, 0.5) is 26.3 Å². The fourth-order valence-electron chi connectivity index (χ4n) is 5.06. The lowest BCUT2D eigenvalue weighted by Gasteiger charge is -2.55. The molecular weight excluding hydrogens is 426 g/mol. The van der Waals surface area contributed by atoms with Gasteiger partial charge in [-0.1, -0.05) is 30.3 Å². The Hall–Kier alpha value is -1.81. The van der Waals surface area contributed by atoms with Gasteiger partial charge in [0.15, 0.2) is 5.60 Å². The molecule has 0 aromatic heterocycles. The number of nitrogens with zero attached hydrogens (tertiary/aromatic N) is 1. The Bertz CT molecular complexity index is 772. The quantitative estimate of drug-likeness (QED) is 0.680. The van der Waals surface area contributed by atoms with Gasteiger partial charge < -0.3 is 10.8 Å². The van der Waals surface area contributed by atoms with E-state index in [0.29, 0.717) is 5.56 Å². The number of benzene rings is 1. The van der Waals surface area contributed by atoms with Crippen LogP contribution in [0.5, 0.6) is 0 Å². The number of piperidine rings is 1. The third-order valence-electron chi connectivity index (χ3n) is 6.90. The lowest BCUT2D eigenvalue weighted by atomic mass is 9.68. The van der Waals surface area contributed by atoms with Gasteiger partial charge in [-0.05, 0) is 50.5 Å². The van der Waals surface area contributed by atoms with E-state index in [1.165, 1.54) is 4.90 Å². The highest BCUT2D eigenvalue weighted by Gasteiger charge is 2.60. The van der Waals surface area contributed by atoms with E-state index in [1.807, 2.05) is 0 Å². The van der Waals surface area contributed by atoms with Crippen LogP contribution >= 0.6 is 0 Å². The van der Waals surface area contributed by atoms with E-state index in [4.69, 9.17) is 5.73 Å². The number of halogens is 6. The van der Waals surface area contributed by atoms with Crippen molar-refractivity contribution in [2.45, 2.75) is 74.5 Å². The molecule has 2 fully saturated rings. The van der Waals surface area contributed by atoms with Crippen LogP contribution < -0.4 is 5.73 Å². The summed E-state index contributed by atoms with van der Waals surface area (Å²) in [5, 5.41) is 10.1. The van der Waals surface area contributed by atoms with E-state index in [-0.39, 0.29) is 32.2 Å². The molecule has 0 spiro atoms. The van der Waals surface area contributed by atoms with Gasteiger partial charge in [-0.2, -0.15) is 26.3 Å². The van der Waals surface area contributed by atoms with Crippen LogP contribution in [0.15, 0.2) is 30.3 Å². The summed E-state index contributed by atoms with van der Waals surface area (Å²) >= 11 is 0. The molecule has 3 rings (SSSR count). The Morgan fingerprint density at radius 1 is 1.06 bits per heavy atom. The highest BCUT2D eigenvalue weighted by atomic mass is 19.4. The van der Waals surface area contributed by atoms with E-state index in [1.54, 1.807) is 30.3 Å². The first-order valence-electron chi connectivity index (χ1n) is 10.2. The summed E-state index contributed by atoms with van der Waals surface area (Å²) in [6.07, 6.45) is -11.6. The van der Waals surface area contributed by atoms with Crippen molar-refractivity contribution in [3.8, 4) is 0 Å². The SMILES string of the molecule is NC(=O)C1CCN(C2(Cc3ccccc3)CCC(O)(C(F)(F)F)CC2)C(C(F)(F)F)C1. The molecule has 1 aliphatic carbocycles. The van der Waals surface area contributed by atoms with Crippen LogP contribution in [0.1, 0.15) is 44.1 Å². The van der Waals surface area contributed by atoms with Gasteiger partial charge in [-0.15, -0.1) is 0 Å². The van der Waals surface area contributed by atoms with Gasteiger partial charge in [0.2, 0.25) is 5.91 Å². The van der Waals surface area contributed by atoms with Crippen molar-refractivity contribution in [2.24, 2.45) is 11.7 Å². The third kappa shape index (κ3) is 4.84. The number of carbonyl (C=O) groups excluding carboxylic acids is 1. The van der Waals surface area contributed by atoms with E-state index in [0.717, 1.165) is 0 Å². The summed E-state index contributed by atoms with van der Waals surface area (Å²) in [5.74, 6) is -1.74. The lowest BCUT2D eigenvalue weighted by Crippen LogP contribution is -2.65. The predicted molar refractivity (Wildman–Crippen MR) is 101 cm³/mol. The lowest BCUT2D eigenvalue weighted by molar-refractivity contribution is -0.281. The zero-order chi connectivity index (χ0) is 23.1. The van der Waals surface area contributed by atoms with Crippen molar-refractivity contribution in [1.82, 2.24) is 4.90 Å². The first-order valence-corrected chi connectivity index (χ1v) is 10.2. The molecule has 0 radical (unpaired) electrons. The van der Waals surface area contributed by atoms with Crippen LogP contribution in [-0.4, -0.2) is 52.0 Å². The van der Waals surface area contributed by atoms with Gasteiger partial charge in [0.1, 0.15) is 6.04 Å². The molecule has 1 saturated carbocycles. The van der Waals surface area contributed by atoms with E-state index in [2.05, 4.69) is 0 Å². The first-order chi connectivity index (χ1) is 14.3. The second-order valence-corrected chi connectivity index (χ2v) is 8.79. The maximum atomic E-state index is 14.0. The van der Waals surface area contributed by atoms with Crippen LogP contribution in [0.25, 0.3) is 0 Å². The van der Waals surface area contributed by atoms with Crippen molar-refractivity contribution < 1.29 is 36.2 Å². The molecule has 1 saturated heterocycles. The second-order valence-electron chi connectivity index (χ2n) is 8.79. The molecule has 174 valence electrons. The monoisotopic (exact) mass is 452 g/mol. The number of alkyl halides is 6. The van der Waals surface area contributed by atoms with E-state index < -0.39 is 60.6 Å². The third-order valence-corrected chi connectivity index (χ3v) is 6.90. The number of nitrogens with two attached hydrogens (primary N) is 1. The summed E-state index contributed by atoms with van der Waals surface area (Å²) in [4.78, 5) is 12.8. The Balaban J connectivity index is 1.97. The molecule has 4 nitrogen and oxygen atoms in total. The van der Waals surface area contributed by atoms with Crippen LogP contribution in [0.2, 0.25) is 0 Å². The van der Waals surface area contributed by atoms with Crippen LogP contribution in [0, 0.1) is 5.92 Å². The maximum absolute atomic E-state index is 14.0. The van der Waals surface area contributed by atoms with Crippen molar-refractivity contribution in [2.75, 3.05) is 6.54 Å². The minimum Gasteiger partial charge on any atom is -0.380 e. The maximum Gasteiger partial charge on any atom is 0.417 e. The highest BCUT2D eigenvalue weighted by molar-refractivity contribution is 5.76. The molecule has 2 unspecified atom stereocenters. The van der Waals surface area contributed by atoms with E-state index in [9.17, 15) is 36.2 Å². The molecule has 2 aliphatic rings. The second kappa shape index (κ2) is 8.27. The summed E-state index contributed by atoms with van der Waals surface area (Å²) in [5.41, 5.74) is 1.83. The summed E-state index contributed by atoms with van der Waals surface area (Å²) in [6, 6.07) is 6.66. The molecule has 1 heterocycles. The zero-order valence-corrected chi connectivity index (χ0v) is 16.8. The summed E-state index contributed by atoms with van der Waals surface area (Å²) in [7, 11) is 0. The van der Waals surface area contributed by atoms with Crippen molar-refractivity contribution in [1.29, 1.82) is 0 Å². The Kier molecular flexibility index (Phi) is 6.36. The predicted octanol–water partition coefficient (Wildman–Crippen LogP) is 3.96. The average molecular weight is 452 g/mol.